The van der Waals surface area contributed by atoms with Crippen LogP contribution in [0.1, 0.15) is 44.4 Å². The summed E-state index contributed by atoms with van der Waals surface area (Å²) >= 11 is 0. The Morgan fingerprint density at radius 3 is 2.42 bits per heavy atom. The van der Waals surface area contributed by atoms with E-state index in [2.05, 4.69) is 5.10 Å². The molecule has 0 spiro atoms. The highest BCUT2D eigenvalue weighted by Gasteiger charge is 2.32. The number of benzene rings is 2. The van der Waals surface area contributed by atoms with Gasteiger partial charge >= 0.3 is 0 Å². The summed E-state index contributed by atoms with van der Waals surface area (Å²) in [6.07, 6.45) is 3.04. The summed E-state index contributed by atoms with van der Waals surface area (Å²) in [5.41, 5.74) is 2.33. The maximum Gasteiger partial charge on any atom is 0.227 e. The molecule has 2 aromatic carbocycles. The average Bonchev–Trinajstić information content (AvgIpc) is 3.01. The second-order valence-electron chi connectivity index (χ2n) is 8.36. The van der Waals surface area contributed by atoms with Crippen molar-refractivity contribution in [1.82, 2.24) is 14.7 Å². The summed E-state index contributed by atoms with van der Waals surface area (Å²) in [5, 5.41) is 4.69. The van der Waals surface area contributed by atoms with E-state index < -0.39 is 0 Å². The summed E-state index contributed by atoms with van der Waals surface area (Å²) in [4.78, 5) is 15.0. The predicted molar refractivity (Wildman–Crippen MR) is 118 cm³/mol. The first-order valence-electron chi connectivity index (χ1n) is 10.8. The standard InChI is InChI=1S/C25H28FN3O2/c1-17(2)28(24(30)19-8-7-9-19)16-23-18(3)27-29(21-14-12-20(26)13-15-21)25(23)31-22-10-5-4-6-11-22/h4-6,10-15,17,19H,7-9,16H2,1-3H3. The molecule has 0 N–H and O–H groups in total. The number of carbonyl (C=O) groups is 1. The van der Waals surface area contributed by atoms with Gasteiger partial charge in [-0.15, -0.1) is 0 Å². The molecule has 1 amide bonds. The van der Waals surface area contributed by atoms with Crippen molar-refractivity contribution in [2.24, 2.45) is 5.92 Å². The molecule has 0 unspecified atom stereocenters. The Balaban J connectivity index is 1.75. The van der Waals surface area contributed by atoms with E-state index in [0.29, 0.717) is 23.9 Å². The van der Waals surface area contributed by atoms with Crippen LogP contribution in [0.3, 0.4) is 0 Å². The van der Waals surface area contributed by atoms with Crippen molar-refractivity contribution in [3.05, 3.63) is 71.7 Å². The molecule has 1 aliphatic carbocycles. The van der Waals surface area contributed by atoms with Crippen LogP contribution in [-0.2, 0) is 11.3 Å². The molecule has 0 radical (unpaired) electrons. The molecule has 1 aliphatic rings. The molecule has 4 rings (SSSR count). The van der Waals surface area contributed by atoms with Crippen LogP contribution in [0.25, 0.3) is 5.69 Å². The molecule has 1 fully saturated rings. The zero-order chi connectivity index (χ0) is 22.0. The normalized spacial score (nSPS) is 13.8. The summed E-state index contributed by atoms with van der Waals surface area (Å²) < 4.78 is 21.5. The van der Waals surface area contributed by atoms with E-state index in [4.69, 9.17) is 4.74 Å². The SMILES string of the molecule is Cc1nn(-c2ccc(F)cc2)c(Oc2ccccc2)c1CN(C(=O)C1CCC1)C(C)C. The Labute approximate surface area is 182 Å². The molecule has 31 heavy (non-hydrogen) atoms. The van der Waals surface area contributed by atoms with Gasteiger partial charge < -0.3 is 9.64 Å². The first-order chi connectivity index (χ1) is 14.9. The number of rotatable bonds is 7. The van der Waals surface area contributed by atoms with Crippen molar-refractivity contribution in [2.75, 3.05) is 0 Å². The Bertz CT molecular complexity index is 1040. The number of aromatic nitrogens is 2. The van der Waals surface area contributed by atoms with Crippen molar-refractivity contribution in [3.8, 4) is 17.3 Å². The van der Waals surface area contributed by atoms with Crippen molar-refractivity contribution < 1.29 is 13.9 Å². The van der Waals surface area contributed by atoms with Crippen molar-refractivity contribution >= 4 is 5.91 Å². The molecule has 1 heterocycles. The second-order valence-corrected chi connectivity index (χ2v) is 8.36. The number of hydrogen-bond donors (Lipinski definition) is 0. The minimum atomic E-state index is -0.310. The van der Waals surface area contributed by atoms with Crippen molar-refractivity contribution in [3.63, 3.8) is 0 Å². The Morgan fingerprint density at radius 2 is 1.84 bits per heavy atom. The lowest BCUT2D eigenvalue weighted by Gasteiger charge is -2.34. The molecule has 0 saturated heterocycles. The molecule has 0 atom stereocenters. The first-order valence-corrected chi connectivity index (χ1v) is 10.8. The predicted octanol–water partition coefficient (Wildman–Crippen LogP) is 5.65. The van der Waals surface area contributed by atoms with Crippen LogP contribution in [-0.4, -0.2) is 26.6 Å². The molecule has 5 nitrogen and oxygen atoms in total. The molecule has 1 aromatic heterocycles. The van der Waals surface area contributed by atoms with Crippen LogP contribution in [0, 0.1) is 18.7 Å². The molecular formula is C25H28FN3O2. The van der Waals surface area contributed by atoms with Gasteiger partial charge in [-0.05, 0) is 70.0 Å². The minimum Gasteiger partial charge on any atom is -0.439 e. The fourth-order valence-corrected chi connectivity index (χ4v) is 3.76. The lowest BCUT2D eigenvalue weighted by Crippen LogP contribution is -2.42. The van der Waals surface area contributed by atoms with E-state index in [-0.39, 0.29) is 23.7 Å². The van der Waals surface area contributed by atoms with Gasteiger partial charge in [0.05, 0.1) is 23.5 Å². The van der Waals surface area contributed by atoms with Gasteiger partial charge in [0.15, 0.2) is 0 Å². The number of hydrogen-bond acceptors (Lipinski definition) is 3. The molecule has 0 bridgehead atoms. The lowest BCUT2D eigenvalue weighted by molar-refractivity contribution is -0.140. The highest BCUT2D eigenvalue weighted by Crippen LogP contribution is 2.34. The second kappa shape index (κ2) is 8.92. The van der Waals surface area contributed by atoms with Gasteiger partial charge in [-0.1, -0.05) is 24.6 Å². The van der Waals surface area contributed by atoms with E-state index in [1.807, 2.05) is 56.0 Å². The zero-order valence-electron chi connectivity index (χ0n) is 18.2. The number of ether oxygens (including phenoxy) is 1. The Morgan fingerprint density at radius 1 is 1.16 bits per heavy atom. The highest BCUT2D eigenvalue weighted by molar-refractivity contribution is 5.80. The van der Waals surface area contributed by atoms with E-state index in [0.717, 1.165) is 30.5 Å². The third kappa shape index (κ3) is 4.48. The quantitative estimate of drug-likeness (QED) is 0.495. The summed E-state index contributed by atoms with van der Waals surface area (Å²) in [5.74, 6) is 1.22. The average molecular weight is 422 g/mol. The van der Waals surface area contributed by atoms with Crippen LogP contribution in [0.15, 0.2) is 54.6 Å². The van der Waals surface area contributed by atoms with Gasteiger partial charge in [0, 0.05) is 12.0 Å². The summed E-state index contributed by atoms with van der Waals surface area (Å²) in [6.45, 7) is 6.41. The van der Waals surface area contributed by atoms with Gasteiger partial charge in [0.2, 0.25) is 11.8 Å². The minimum absolute atomic E-state index is 0.0613. The van der Waals surface area contributed by atoms with Gasteiger partial charge in [-0.2, -0.15) is 5.10 Å². The van der Waals surface area contributed by atoms with E-state index in [9.17, 15) is 9.18 Å². The van der Waals surface area contributed by atoms with Gasteiger partial charge in [-0.3, -0.25) is 4.79 Å². The molecule has 1 saturated carbocycles. The fraction of sp³-hybridized carbons (Fsp3) is 0.360. The number of halogens is 1. The monoisotopic (exact) mass is 421 g/mol. The molecule has 6 heteroatoms. The first kappa shape index (κ1) is 21.1. The van der Waals surface area contributed by atoms with Crippen LogP contribution < -0.4 is 4.74 Å². The molecule has 162 valence electrons. The fourth-order valence-electron chi connectivity index (χ4n) is 3.76. The lowest BCUT2D eigenvalue weighted by atomic mass is 9.84. The maximum atomic E-state index is 13.5. The molecule has 0 aliphatic heterocycles. The summed E-state index contributed by atoms with van der Waals surface area (Å²) in [6, 6.07) is 15.7. The smallest absolute Gasteiger partial charge is 0.227 e. The number of para-hydroxylation sites is 1. The highest BCUT2D eigenvalue weighted by atomic mass is 19.1. The topological polar surface area (TPSA) is 47.4 Å². The van der Waals surface area contributed by atoms with Gasteiger partial charge in [0.25, 0.3) is 0 Å². The van der Waals surface area contributed by atoms with Crippen LogP contribution in [0.2, 0.25) is 0 Å². The van der Waals surface area contributed by atoms with Gasteiger partial charge in [-0.25, -0.2) is 9.07 Å². The van der Waals surface area contributed by atoms with Crippen LogP contribution >= 0.6 is 0 Å². The molecule has 3 aromatic rings. The third-order valence-electron chi connectivity index (χ3n) is 5.86. The summed E-state index contributed by atoms with van der Waals surface area (Å²) in [7, 11) is 0. The Hall–Kier alpha value is -3.15. The van der Waals surface area contributed by atoms with Crippen LogP contribution in [0.5, 0.6) is 11.6 Å². The van der Waals surface area contributed by atoms with Crippen LogP contribution in [0.4, 0.5) is 4.39 Å². The Kier molecular flexibility index (Phi) is 6.07. The third-order valence-corrected chi connectivity index (χ3v) is 5.86. The maximum absolute atomic E-state index is 13.5. The van der Waals surface area contributed by atoms with Crippen molar-refractivity contribution in [2.45, 2.75) is 52.6 Å². The van der Waals surface area contributed by atoms with Crippen molar-refractivity contribution in [1.29, 1.82) is 0 Å². The number of carbonyl (C=O) groups excluding carboxylic acids is 1. The van der Waals surface area contributed by atoms with E-state index in [1.54, 1.807) is 16.8 Å². The van der Waals surface area contributed by atoms with E-state index >= 15 is 0 Å². The van der Waals surface area contributed by atoms with E-state index in [1.165, 1.54) is 12.1 Å². The number of aryl methyl sites for hydroxylation is 1. The zero-order valence-corrected chi connectivity index (χ0v) is 18.2. The number of amides is 1. The number of nitrogens with zero attached hydrogens (tertiary/aromatic N) is 3. The molecular weight excluding hydrogens is 393 g/mol. The van der Waals surface area contributed by atoms with Gasteiger partial charge in [0.1, 0.15) is 11.6 Å². The largest absolute Gasteiger partial charge is 0.439 e.